The SMILES string of the molecule is COc1ccc(N2C(=O)C(c3cccs3)=C(N3CCCC3)C2=O)c(OC)c1. The first-order valence-electron chi connectivity index (χ1n) is 8.79. The number of likely N-dealkylation sites (tertiary alicyclic amines) is 1. The largest absolute Gasteiger partial charge is 0.497 e. The Morgan fingerprint density at radius 3 is 2.41 bits per heavy atom. The van der Waals surface area contributed by atoms with Crippen molar-refractivity contribution in [3.8, 4) is 11.5 Å². The van der Waals surface area contributed by atoms with Crippen LogP contribution in [0.15, 0.2) is 41.4 Å². The third kappa shape index (κ3) is 2.88. The molecule has 0 aliphatic carbocycles. The molecule has 27 heavy (non-hydrogen) atoms. The zero-order valence-corrected chi connectivity index (χ0v) is 16.0. The van der Waals surface area contributed by atoms with Crippen molar-refractivity contribution in [2.75, 3.05) is 32.2 Å². The zero-order valence-electron chi connectivity index (χ0n) is 15.2. The van der Waals surface area contributed by atoms with Crippen LogP contribution in [-0.4, -0.2) is 44.0 Å². The number of nitrogens with zero attached hydrogens (tertiary/aromatic N) is 2. The molecule has 0 saturated carbocycles. The summed E-state index contributed by atoms with van der Waals surface area (Å²) >= 11 is 1.47. The maximum Gasteiger partial charge on any atom is 0.282 e. The Morgan fingerprint density at radius 1 is 1.00 bits per heavy atom. The number of benzene rings is 1. The van der Waals surface area contributed by atoms with Crippen molar-refractivity contribution in [1.29, 1.82) is 0 Å². The summed E-state index contributed by atoms with van der Waals surface area (Å²) in [6.07, 6.45) is 2.04. The van der Waals surface area contributed by atoms with Gasteiger partial charge in [-0.3, -0.25) is 9.59 Å². The number of methoxy groups -OCH3 is 2. The van der Waals surface area contributed by atoms with Crippen molar-refractivity contribution in [2.24, 2.45) is 0 Å². The summed E-state index contributed by atoms with van der Waals surface area (Å²) < 4.78 is 10.7. The highest BCUT2D eigenvalue weighted by molar-refractivity contribution is 7.11. The third-order valence-corrected chi connectivity index (χ3v) is 5.76. The second kappa shape index (κ2) is 7.08. The average molecular weight is 384 g/mol. The lowest BCUT2D eigenvalue weighted by Crippen LogP contribution is -2.34. The van der Waals surface area contributed by atoms with Crippen molar-refractivity contribution >= 4 is 34.4 Å². The van der Waals surface area contributed by atoms with Crippen molar-refractivity contribution in [3.05, 3.63) is 46.3 Å². The van der Waals surface area contributed by atoms with Gasteiger partial charge < -0.3 is 14.4 Å². The van der Waals surface area contributed by atoms with Crippen LogP contribution in [0.2, 0.25) is 0 Å². The second-order valence-electron chi connectivity index (χ2n) is 6.38. The highest BCUT2D eigenvalue weighted by Crippen LogP contribution is 2.41. The molecule has 1 aromatic carbocycles. The molecule has 2 aliphatic rings. The Kier molecular flexibility index (Phi) is 4.61. The van der Waals surface area contributed by atoms with Crippen LogP contribution < -0.4 is 14.4 Å². The summed E-state index contributed by atoms with van der Waals surface area (Å²) in [5.41, 5.74) is 1.41. The fraction of sp³-hybridized carbons (Fsp3) is 0.300. The molecule has 0 N–H and O–H groups in total. The lowest BCUT2D eigenvalue weighted by atomic mass is 10.2. The van der Waals surface area contributed by atoms with E-state index in [1.165, 1.54) is 23.3 Å². The first kappa shape index (κ1) is 17.6. The number of ether oxygens (including phenoxy) is 2. The Labute approximate surface area is 161 Å². The summed E-state index contributed by atoms with van der Waals surface area (Å²) in [6, 6.07) is 8.86. The molecule has 6 nitrogen and oxygen atoms in total. The highest BCUT2D eigenvalue weighted by Gasteiger charge is 2.44. The maximum absolute atomic E-state index is 13.4. The van der Waals surface area contributed by atoms with E-state index in [0.717, 1.165) is 30.8 Å². The van der Waals surface area contributed by atoms with Crippen molar-refractivity contribution in [3.63, 3.8) is 0 Å². The Balaban J connectivity index is 1.82. The van der Waals surface area contributed by atoms with Crippen LogP contribution in [-0.2, 0) is 9.59 Å². The Morgan fingerprint density at radius 2 is 1.78 bits per heavy atom. The first-order valence-corrected chi connectivity index (χ1v) is 9.67. The highest BCUT2D eigenvalue weighted by atomic mass is 32.1. The summed E-state index contributed by atoms with van der Waals surface area (Å²) in [5.74, 6) is 0.409. The molecule has 7 heteroatoms. The van der Waals surface area contributed by atoms with Gasteiger partial charge in [0.1, 0.15) is 17.2 Å². The predicted octanol–water partition coefficient (Wildman–Crippen LogP) is 3.15. The zero-order chi connectivity index (χ0) is 19.0. The van der Waals surface area contributed by atoms with Gasteiger partial charge in [-0.05, 0) is 36.4 Å². The fourth-order valence-electron chi connectivity index (χ4n) is 3.58. The molecule has 140 valence electrons. The quantitative estimate of drug-likeness (QED) is 0.741. The average Bonchev–Trinajstić information content (AvgIpc) is 3.42. The smallest absolute Gasteiger partial charge is 0.282 e. The summed E-state index contributed by atoms with van der Waals surface area (Å²) in [6.45, 7) is 1.58. The first-order chi connectivity index (χ1) is 13.2. The summed E-state index contributed by atoms with van der Waals surface area (Å²) in [4.78, 5) is 30.8. The Hall–Kier alpha value is -2.80. The molecule has 4 rings (SSSR count). The van der Waals surface area contributed by atoms with Crippen LogP contribution in [0.3, 0.4) is 0 Å². The molecule has 0 radical (unpaired) electrons. The standard InChI is InChI=1S/C20H20N2O4S/c1-25-13-7-8-14(15(12-13)26-2)22-19(23)17(16-6-5-11-27-16)18(20(22)24)21-9-3-4-10-21/h5-8,11-12H,3-4,9-10H2,1-2H3. The second-order valence-corrected chi connectivity index (χ2v) is 7.33. The van der Waals surface area contributed by atoms with Crippen molar-refractivity contribution < 1.29 is 19.1 Å². The van der Waals surface area contributed by atoms with Crippen LogP contribution in [0.25, 0.3) is 5.57 Å². The minimum absolute atomic E-state index is 0.297. The van der Waals surface area contributed by atoms with Gasteiger partial charge in [0.2, 0.25) is 0 Å². The van der Waals surface area contributed by atoms with E-state index in [4.69, 9.17) is 9.47 Å². The normalized spacial score (nSPS) is 17.3. The van der Waals surface area contributed by atoms with Gasteiger partial charge >= 0.3 is 0 Å². The Bertz CT molecular complexity index is 914. The molecule has 1 aromatic heterocycles. The number of thiophene rings is 1. The molecule has 3 heterocycles. The summed E-state index contributed by atoms with van der Waals surface area (Å²) in [5, 5.41) is 1.91. The van der Waals surface area contributed by atoms with Crippen LogP contribution in [0, 0.1) is 0 Å². The third-order valence-electron chi connectivity index (χ3n) is 4.88. The number of anilines is 1. The van der Waals surface area contributed by atoms with Gasteiger partial charge in [-0.15, -0.1) is 11.3 Å². The predicted molar refractivity (Wildman–Crippen MR) is 104 cm³/mol. The topological polar surface area (TPSA) is 59.1 Å². The van der Waals surface area contributed by atoms with Gasteiger partial charge in [0.15, 0.2) is 0 Å². The lowest BCUT2D eigenvalue weighted by molar-refractivity contribution is -0.120. The van der Waals surface area contributed by atoms with Gasteiger partial charge in [-0.1, -0.05) is 6.07 Å². The maximum atomic E-state index is 13.4. The van der Waals surface area contributed by atoms with Crippen LogP contribution >= 0.6 is 11.3 Å². The number of carbonyl (C=O) groups excluding carboxylic acids is 2. The van der Waals surface area contributed by atoms with E-state index in [2.05, 4.69) is 0 Å². The van der Waals surface area contributed by atoms with E-state index < -0.39 is 0 Å². The summed E-state index contributed by atoms with van der Waals surface area (Å²) in [7, 11) is 3.07. The molecular formula is C20H20N2O4S. The minimum atomic E-state index is -0.312. The van der Waals surface area contributed by atoms with E-state index in [1.807, 2.05) is 22.4 Å². The molecule has 2 aliphatic heterocycles. The number of hydrogen-bond donors (Lipinski definition) is 0. The van der Waals surface area contributed by atoms with Gasteiger partial charge in [0.05, 0.1) is 25.5 Å². The molecule has 0 spiro atoms. The molecule has 0 unspecified atom stereocenters. The van der Waals surface area contributed by atoms with Gasteiger partial charge in [0, 0.05) is 24.0 Å². The monoisotopic (exact) mass is 384 g/mol. The molecule has 0 bridgehead atoms. The van der Waals surface area contributed by atoms with E-state index in [-0.39, 0.29) is 11.8 Å². The van der Waals surface area contributed by atoms with Crippen molar-refractivity contribution in [2.45, 2.75) is 12.8 Å². The molecule has 1 fully saturated rings. The van der Waals surface area contributed by atoms with Gasteiger partial charge in [-0.2, -0.15) is 0 Å². The molecule has 2 amide bonds. The van der Waals surface area contributed by atoms with Gasteiger partial charge in [0.25, 0.3) is 11.8 Å². The number of carbonyl (C=O) groups is 2. The molecular weight excluding hydrogens is 364 g/mol. The number of imide groups is 1. The molecule has 1 saturated heterocycles. The number of hydrogen-bond acceptors (Lipinski definition) is 6. The van der Waals surface area contributed by atoms with Gasteiger partial charge in [-0.25, -0.2) is 4.90 Å². The van der Waals surface area contributed by atoms with E-state index in [1.54, 1.807) is 25.3 Å². The lowest BCUT2D eigenvalue weighted by Gasteiger charge is -2.21. The van der Waals surface area contributed by atoms with E-state index >= 15 is 0 Å². The van der Waals surface area contributed by atoms with E-state index in [0.29, 0.717) is 28.5 Å². The van der Waals surface area contributed by atoms with Crippen LogP contribution in [0.1, 0.15) is 17.7 Å². The van der Waals surface area contributed by atoms with E-state index in [9.17, 15) is 9.59 Å². The molecule has 2 aromatic rings. The van der Waals surface area contributed by atoms with Crippen molar-refractivity contribution in [1.82, 2.24) is 4.90 Å². The molecule has 0 atom stereocenters. The number of rotatable bonds is 5. The number of amides is 2. The van der Waals surface area contributed by atoms with Crippen LogP contribution in [0.4, 0.5) is 5.69 Å². The minimum Gasteiger partial charge on any atom is -0.497 e. The van der Waals surface area contributed by atoms with Crippen LogP contribution in [0.5, 0.6) is 11.5 Å². The fourth-order valence-corrected chi connectivity index (χ4v) is 4.35.